The molecule has 0 bridgehead atoms. The summed E-state index contributed by atoms with van der Waals surface area (Å²) in [4.78, 5) is 27.7. The third-order valence-corrected chi connectivity index (χ3v) is 5.49. The second-order valence-corrected chi connectivity index (χ2v) is 8.49. The summed E-state index contributed by atoms with van der Waals surface area (Å²) in [5, 5.41) is 2.93. The van der Waals surface area contributed by atoms with E-state index in [0.29, 0.717) is 30.7 Å². The standard InChI is InChI=1S/C20H26BrN3O3/c1-13-8-14(2)11-24(10-13)15(3)17-9-16(21)4-5-18(17)22-19(25)12-23-6-7-27-20(23)26/h4-5,9,13-14H,3,6-8,10-12H2,1-2H3,(H,22,25)/t13-,14+. The molecule has 2 aliphatic rings. The van der Waals surface area contributed by atoms with Crippen LogP contribution in [0.4, 0.5) is 10.5 Å². The van der Waals surface area contributed by atoms with Gasteiger partial charge in [0.15, 0.2) is 0 Å². The van der Waals surface area contributed by atoms with E-state index in [-0.39, 0.29) is 12.5 Å². The fraction of sp³-hybridized carbons (Fsp3) is 0.500. The van der Waals surface area contributed by atoms with Gasteiger partial charge in [-0.05, 0) is 36.5 Å². The summed E-state index contributed by atoms with van der Waals surface area (Å²) in [6, 6.07) is 5.73. The van der Waals surface area contributed by atoms with E-state index in [1.54, 1.807) is 0 Å². The van der Waals surface area contributed by atoms with Crippen LogP contribution in [0.2, 0.25) is 0 Å². The number of hydrogen-bond acceptors (Lipinski definition) is 4. The lowest BCUT2D eigenvalue weighted by atomic mass is 9.91. The van der Waals surface area contributed by atoms with Gasteiger partial charge in [-0.3, -0.25) is 9.69 Å². The van der Waals surface area contributed by atoms with Gasteiger partial charge < -0.3 is 15.0 Å². The van der Waals surface area contributed by atoms with Gasteiger partial charge in [0.05, 0.1) is 12.2 Å². The molecule has 2 amide bonds. The quantitative estimate of drug-likeness (QED) is 0.763. The molecule has 0 aromatic heterocycles. The van der Waals surface area contributed by atoms with Gasteiger partial charge >= 0.3 is 6.09 Å². The molecule has 27 heavy (non-hydrogen) atoms. The Labute approximate surface area is 168 Å². The first-order valence-corrected chi connectivity index (χ1v) is 10.1. The van der Waals surface area contributed by atoms with Crippen molar-refractivity contribution in [2.75, 3.05) is 38.1 Å². The number of halogens is 1. The van der Waals surface area contributed by atoms with Crippen molar-refractivity contribution in [2.45, 2.75) is 20.3 Å². The number of hydrogen-bond donors (Lipinski definition) is 1. The summed E-state index contributed by atoms with van der Waals surface area (Å²) < 4.78 is 5.80. The molecule has 2 atom stereocenters. The number of anilines is 1. The predicted octanol–water partition coefficient (Wildman–Crippen LogP) is 3.79. The lowest BCUT2D eigenvalue weighted by Gasteiger charge is -2.38. The molecule has 0 aliphatic carbocycles. The fourth-order valence-corrected chi connectivity index (χ4v) is 4.21. The van der Waals surface area contributed by atoms with E-state index < -0.39 is 6.09 Å². The molecule has 1 aromatic rings. The Balaban J connectivity index is 1.75. The number of nitrogens with zero attached hydrogens (tertiary/aromatic N) is 2. The van der Waals surface area contributed by atoms with Crippen LogP contribution in [0.25, 0.3) is 5.70 Å². The Morgan fingerprint density at radius 2 is 2.04 bits per heavy atom. The molecule has 3 rings (SSSR count). The maximum absolute atomic E-state index is 12.4. The number of carbonyl (C=O) groups is 2. The van der Waals surface area contributed by atoms with E-state index in [2.05, 4.69) is 46.6 Å². The van der Waals surface area contributed by atoms with E-state index in [9.17, 15) is 9.59 Å². The number of piperidine rings is 1. The lowest BCUT2D eigenvalue weighted by Crippen LogP contribution is -2.37. The second-order valence-electron chi connectivity index (χ2n) is 7.57. The molecule has 0 radical (unpaired) electrons. The van der Waals surface area contributed by atoms with E-state index >= 15 is 0 Å². The van der Waals surface area contributed by atoms with Crippen LogP contribution in [-0.2, 0) is 9.53 Å². The van der Waals surface area contributed by atoms with Crippen molar-refractivity contribution < 1.29 is 14.3 Å². The monoisotopic (exact) mass is 435 g/mol. The van der Waals surface area contributed by atoms with Crippen molar-refractivity contribution in [1.82, 2.24) is 9.80 Å². The fourth-order valence-electron chi connectivity index (χ4n) is 3.85. The van der Waals surface area contributed by atoms with Crippen molar-refractivity contribution in [3.8, 4) is 0 Å². The highest BCUT2D eigenvalue weighted by Crippen LogP contribution is 2.33. The van der Waals surface area contributed by atoms with Gasteiger partial charge in [0.1, 0.15) is 13.2 Å². The molecule has 0 saturated carbocycles. The minimum Gasteiger partial charge on any atom is -0.448 e. The third-order valence-electron chi connectivity index (χ3n) is 5.00. The van der Waals surface area contributed by atoms with Crippen molar-refractivity contribution in [3.05, 3.63) is 34.8 Å². The van der Waals surface area contributed by atoms with Crippen molar-refractivity contribution >= 4 is 39.3 Å². The van der Waals surface area contributed by atoms with Gasteiger partial charge in [0.2, 0.25) is 5.91 Å². The molecule has 0 unspecified atom stereocenters. The molecule has 1 N–H and O–H groups in total. The smallest absolute Gasteiger partial charge is 0.410 e. The molecule has 0 spiro atoms. The third kappa shape index (κ3) is 4.83. The van der Waals surface area contributed by atoms with Gasteiger partial charge in [0, 0.05) is 28.8 Å². The SMILES string of the molecule is C=C(c1cc(Br)ccc1NC(=O)CN1CCOC1=O)N1C[C@H](C)C[C@H](C)C1. The Bertz CT molecular complexity index is 742. The first-order chi connectivity index (χ1) is 12.8. The largest absolute Gasteiger partial charge is 0.448 e. The van der Waals surface area contributed by atoms with Crippen LogP contribution in [0.1, 0.15) is 25.8 Å². The average Bonchev–Trinajstić information content (AvgIpc) is 2.99. The number of ether oxygens (including phenoxy) is 1. The highest BCUT2D eigenvalue weighted by atomic mass is 79.9. The maximum Gasteiger partial charge on any atom is 0.410 e. The highest BCUT2D eigenvalue weighted by molar-refractivity contribution is 9.10. The van der Waals surface area contributed by atoms with Crippen LogP contribution in [0, 0.1) is 11.8 Å². The maximum atomic E-state index is 12.4. The Hall–Kier alpha value is -2.02. The molecule has 6 nitrogen and oxygen atoms in total. The topological polar surface area (TPSA) is 61.9 Å². The van der Waals surface area contributed by atoms with Gasteiger partial charge in [0.25, 0.3) is 0 Å². The number of cyclic esters (lactones) is 1. The molecule has 146 valence electrons. The van der Waals surface area contributed by atoms with Gasteiger partial charge in [-0.25, -0.2) is 4.79 Å². The predicted molar refractivity (Wildman–Crippen MR) is 109 cm³/mol. The molecular weight excluding hydrogens is 410 g/mol. The number of benzene rings is 1. The number of nitrogens with one attached hydrogen (secondary N) is 1. The van der Waals surface area contributed by atoms with Gasteiger partial charge in [-0.15, -0.1) is 0 Å². The Morgan fingerprint density at radius 3 is 2.67 bits per heavy atom. The zero-order chi connectivity index (χ0) is 19.6. The van der Waals surface area contributed by atoms with E-state index in [1.165, 1.54) is 11.3 Å². The molecule has 7 heteroatoms. The number of amides is 2. The highest BCUT2D eigenvalue weighted by Gasteiger charge is 2.26. The minimum atomic E-state index is -0.443. The molecule has 1 aromatic carbocycles. The summed E-state index contributed by atoms with van der Waals surface area (Å²) in [6.07, 6.45) is 0.777. The van der Waals surface area contributed by atoms with Crippen LogP contribution in [0.15, 0.2) is 29.3 Å². The van der Waals surface area contributed by atoms with Crippen LogP contribution in [0.5, 0.6) is 0 Å². The van der Waals surface area contributed by atoms with Crippen molar-refractivity contribution in [2.24, 2.45) is 11.8 Å². The average molecular weight is 436 g/mol. The summed E-state index contributed by atoms with van der Waals surface area (Å²) >= 11 is 3.52. The number of carbonyl (C=O) groups excluding carboxylic acids is 2. The minimum absolute atomic E-state index is 0.0153. The molecule has 2 heterocycles. The Morgan fingerprint density at radius 1 is 1.33 bits per heavy atom. The Kier molecular flexibility index (Phi) is 6.09. The number of likely N-dealkylation sites (tertiary alicyclic amines) is 1. The summed E-state index contributed by atoms with van der Waals surface area (Å²) in [5.41, 5.74) is 2.50. The van der Waals surface area contributed by atoms with Crippen LogP contribution >= 0.6 is 15.9 Å². The summed E-state index contributed by atoms with van der Waals surface area (Å²) in [5.74, 6) is 0.972. The second kappa shape index (κ2) is 8.33. The molecule has 2 saturated heterocycles. The van der Waals surface area contributed by atoms with Crippen LogP contribution in [0.3, 0.4) is 0 Å². The summed E-state index contributed by atoms with van der Waals surface area (Å²) in [6.45, 7) is 11.5. The van der Waals surface area contributed by atoms with Crippen LogP contribution in [-0.4, -0.2) is 54.6 Å². The first-order valence-electron chi connectivity index (χ1n) is 9.28. The van der Waals surface area contributed by atoms with Crippen LogP contribution < -0.4 is 5.32 Å². The normalized spacial score (nSPS) is 22.6. The van der Waals surface area contributed by atoms with E-state index in [4.69, 9.17) is 4.74 Å². The zero-order valence-electron chi connectivity index (χ0n) is 15.8. The molecule has 2 aliphatic heterocycles. The number of rotatable bonds is 5. The lowest BCUT2D eigenvalue weighted by molar-refractivity contribution is -0.116. The molecule has 2 fully saturated rings. The van der Waals surface area contributed by atoms with E-state index in [0.717, 1.165) is 28.8 Å². The zero-order valence-corrected chi connectivity index (χ0v) is 17.4. The molecular formula is C20H26BrN3O3. The van der Waals surface area contributed by atoms with Gasteiger partial charge in [-0.2, -0.15) is 0 Å². The van der Waals surface area contributed by atoms with E-state index in [1.807, 2.05) is 18.2 Å². The first kappa shape index (κ1) is 19.7. The summed E-state index contributed by atoms with van der Waals surface area (Å²) in [7, 11) is 0. The van der Waals surface area contributed by atoms with Gasteiger partial charge in [-0.1, -0.05) is 36.4 Å². The van der Waals surface area contributed by atoms with Crippen molar-refractivity contribution in [1.29, 1.82) is 0 Å². The van der Waals surface area contributed by atoms with Crippen molar-refractivity contribution in [3.63, 3.8) is 0 Å².